The van der Waals surface area contributed by atoms with E-state index in [9.17, 15) is 0 Å². The SMILES string of the molecule is Cc1c(C)c(-c2c(C)c(C)c(CC3CCC(C)CC3)c(C)c2C)c(C)c(C)c1CC1CCC(C)CC1. The molecule has 0 amide bonds. The number of hydrogen-bond acceptors (Lipinski definition) is 0. The second-order valence-corrected chi connectivity index (χ2v) is 13.4. The number of benzene rings is 2. The molecule has 2 aliphatic rings. The van der Waals surface area contributed by atoms with E-state index >= 15 is 0 Å². The first kappa shape index (κ1) is 27.5. The molecule has 0 saturated heterocycles. The average molecular weight is 487 g/mol. The van der Waals surface area contributed by atoms with Crippen LogP contribution in [0.15, 0.2) is 0 Å². The van der Waals surface area contributed by atoms with Gasteiger partial charge >= 0.3 is 0 Å². The van der Waals surface area contributed by atoms with Crippen LogP contribution in [0.1, 0.15) is 121 Å². The Morgan fingerprint density at radius 2 is 0.639 bits per heavy atom. The van der Waals surface area contributed by atoms with Gasteiger partial charge in [0.2, 0.25) is 0 Å². The van der Waals surface area contributed by atoms with E-state index in [1.807, 2.05) is 0 Å². The Labute approximate surface area is 223 Å². The molecule has 36 heavy (non-hydrogen) atoms. The van der Waals surface area contributed by atoms with Gasteiger partial charge in [0.15, 0.2) is 0 Å². The van der Waals surface area contributed by atoms with Gasteiger partial charge in [0.25, 0.3) is 0 Å². The minimum absolute atomic E-state index is 0.873. The molecule has 2 aromatic rings. The quantitative estimate of drug-likeness (QED) is 0.394. The van der Waals surface area contributed by atoms with Crippen molar-refractivity contribution in [3.63, 3.8) is 0 Å². The third-order valence-electron chi connectivity index (χ3n) is 11.1. The molecule has 0 unspecified atom stereocenters. The van der Waals surface area contributed by atoms with Crippen LogP contribution in [0.2, 0.25) is 0 Å². The fourth-order valence-corrected chi connectivity index (χ4v) is 7.79. The van der Waals surface area contributed by atoms with E-state index in [-0.39, 0.29) is 0 Å². The Kier molecular flexibility index (Phi) is 8.43. The maximum Gasteiger partial charge on any atom is -0.0114 e. The summed E-state index contributed by atoms with van der Waals surface area (Å²) in [4.78, 5) is 0. The molecule has 0 aliphatic heterocycles. The summed E-state index contributed by atoms with van der Waals surface area (Å²) in [5.41, 5.74) is 18.7. The van der Waals surface area contributed by atoms with Gasteiger partial charge in [0.05, 0.1) is 0 Å². The van der Waals surface area contributed by atoms with E-state index in [0.29, 0.717) is 0 Å². The van der Waals surface area contributed by atoms with Gasteiger partial charge in [-0.05, 0) is 184 Å². The first-order valence-electron chi connectivity index (χ1n) is 15.2. The zero-order chi connectivity index (χ0) is 26.3. The second-order valence-electron chi connectivity index (χ2n) is 13.4. The van der Waals surface area contributed by atoms with E-state index in [1.54, 1.807) is 33.4 Å². The molecule has 0 radical (unpaired) electrons. The maximum absolute atomic E-state index is 2.44. The van der Waals surface area contributed by atoms with Crippen LogP contribution in [0.3, 0.4) is 0 Å². The van der Waals surface area contributed by atoms with Gasteiger partial charge < -0.3 is 0 Å². The molecule has 4 rings (SSSR count). The zero-order valence-electron chi connectivity index (χ0n) is 25.4. The molecule has 0 heteroatoms. The Balaban J connectivity index is 1.73. The van der Waals surface area contributed by atoms with Crippen LogP contribution in [0.5, 0.6) is 0 Å². The lowest BCUT2D eigenvalue weighted by Gasteiger charge is -2.31. The van der Waals surface area contributed by atoms with E-state index < -0.39 is 0 Å². The van der Waals surface area contributed by atoms with Crippen molar-refractivity contribution in [2.75, 3.05) is 0 Å². The van der Waals surface area contributed by atoms with Crippen molar-refractivity contribution in [3.05, 3.63) is 55.6 Å². The summed E-state index contributed by atoms with van der Waals surface area (Å²) in [5, 5.41) is 0. The highest BCUT2D eigenvalue weighted by Crippen LogP contribution is 2.43. The second kappa shape index (κ2) is 11.0. The Bertz CT molecular complexity index is 950. The Morgan fingerprint density at radius 1 is 0.389 bits per heavy atom. The van der Waals surface area contributed by atoms with Gasteiger partial charge in [-0.1, -0.05) is 39.5 Å². The summed E-state index contributed by atoms with van der Waals surface area (Å²) in [7, 11) is 0. The van der Waals surface area contributed by atoms with E-state index in [2.05, 4.69) is 69.2 Å². The monoisotopic (exact) mass is 486 g/mol. The summed E-state index contributed by atoms with van der Waals surface area (Å²) in [5.74, 6) is 3.60. The van der Waals surface area contributed by atoms with Crippen LogP contribution in [0.4, 0.5) is 0 Å². The molecular weight excluding hydrogens is 432 g/mol. The van der Waals surface area contributed by atoms with Gasteiger partial charge in [-0.15, -0.1) is 0 Å². The number of hydrogen-bond donors (Lipinski definition) is 0. The van der Waals surface area contributed by atoms with E-state index in [4.69, 9.17) is 0 Å². The summed E-state index contributed by atoms with van der Waals surface area (Å²) in [6.07, 6.45) is 13.9. The molecule has 0 atom stereocenters. The molecular formula is C36H54. The third-order valence-corrected chi connectivity index (χ3v) is 11.1. The van der Waals surface area contributed by atoms with Gasteiger partial charge in [0.1, 0.15) is 0 Å². The zero-order valence-corrected chi connectivity index (χ0v) is 25.4. The van der Waals surface area contributed by atoms with Crippen molar-refractivity contribution in [3.8, 4) is 11.1 Å². The summed E-state index contributed by atoms with van der Waals surface area (Å²) < 4.78 is 0. The van der Waals surface area contributed by atoms with Crippen LogP contribution in [0, 0.1) is 79.1 Å². The molecule has 0 aromatic heterocycles. The Hall–Kier alpha value is -1.56. The van der Waals surface area contributed by atoms with Crippen molar-refractivity contribution in [1.82, 2.24) is 0 Å². The minimum Gasteiger partial charge on any atom is -0.0625 e. The first-order valence-corrected chi connectivity index (χ1v) is 15.2. The predicted octanol–water partition coefficient (Wildman–Crippen LogP) is 10.6. The topological polar surface area (TPSA) is 0 Å². The molecule has 2 saturated carbocycles. The van der Waals surface area contributed by atoms with Crippen molar-refractivity contribution >= 4 is 0 Å². The molecule has 0 N–H and O–H groups in total. The van der Waals surface area contributed by atoms with Gasteiger partial charge in [-0.25, -0.2) is 0 Å². The summed E-state index contributed by atoms with van der Waals surface area (Å²) >= 11 is 0. The molecule has 0 nitrogen and oxygen atoms in total. The van der Waals surface area contributed by atoms with Crippen LogP contribution in [-0.2, 0) is 12.8 Å². The molecule has 0 spiro atoms. The molecule has 198 valence electrons. The highest BCUT2D eigenvalue weighted by molar-refractivity contribution is 5.81. The lowest BCUT2D eigenvalue weighted by molar-refractivity contribution is 0.288. The van der Waals surface area contributed by atoms with Crippen molar-refractivity contribution < 1.29 is 0 Å². The first-order chi connectivity index (χ1) is 17.0. The largest absolute Gasteiger partial charge is 0.0625 e. The number of rotatable bonds is 5. The fourth-order valence-electron chi connectivity index (χ4n) is 7.79. The molecule has 0 bridgehead atoms. The van der Waals surface area contributed by atoms with Gasteiger partial charge in [-0.2, -0.15) is 0 Å². The molecule has 2 aliphatic carbocycles. The van der Waals surface area contributed by atoms with Gasteiger partial charge in [0, 0.05) is 0 Å². The van der Waals surface area contributed by atoms with E-state index in [0.717, 1.165) is 23.7 Å². The van der Waals surface area contributed by atoms with Crippen LogP contribution < -0.4 is 0 Å². The lowest BCUT2D eigenvalue weighted by Crippen LogP contribution is -2.17. The third kappa shape index (κ3) is 5.21. The van der Waals surface area contributed by atoms with Crippen molar-refractivity contribution in [2.24, 2.45) is 23.7 Å². The van der Waals surface area contributed by atoms with Crippen molar-refractivity contribution in [2.45, 2.75) is 133 Å². The van der Waals surface area contributed by atoms with Crippen LogP contribution in [-0.4, -0.2) is 0 Å². The van der Waals surface area contributed by atoms with Crippen LogP contribution in [0.25, 0.3) is 11.1 Å². The Morgan fingerprint density at radius 3 is 0.889 bits per heavy atom. The molecule has 0 heterocycles. The molecule has 2 aromatic carbocycles. The normalized spacial score (nSPS) is 24.8. The average Bonchev–Trinajstić information content (AvgIpc) is 2.86. The standard InChI is InChI=1S/C36H54/c1-21-11-15-31(16-12-21)19-33-23(3)27(7)35(28(8)24(33)4)36-29(9)25(5)34(26(6)30(36)10)20-32-17-13-22(2)14-18-32/h21-22,31-32H,11-20H2,1-10H3. The smallest absolute Gasteiger partial charge is 0.0114 e. The maximum atomic E-state index is 2.44. The lowest BCUT2D eigenvalue weighted by atomic mass is 9.74. The summed E-state index contributed by atoms with van der Waals surface area (Å²) in [6.45, 7) is 24.1. The van der Waals surface area contributed by atoms with E-state index in [1.165, 1.54) is 97.6 Å². The highest BCUT2D eigenvalue weighted by Gasteiger charge is 2.26. The highest BCUT2D eigenvalue weighted by atomic mass is 14.3. The predicted molar refractivity (Wildman–Crippen MR) is 159 cm³/mol. The minimum atomic E-state index is 0.873. The van der Waals surface area contributed by atoms with Crippen molar-refractivity contribution in [1.29, 1.82) is 0 Å². The summed E-state index contributed by atoms with van der Waals surface area (Å²) in [6, 6.07) is 0. The van der Waals surface area contributed by atoms with Gasteiger partial charge in [-0.3, -0.25) is 0 Å². The fraction of sp³-hybridized carbons (Fsp3) is 0.667. The molecule has 2 fully saturated rings. The van der Waals surface area contributed by atoms with Crippen LogP contribution >= 0.6 is 0 Å².